The molecule has 1 heterocycles. The maximum atomic E-state index is 4.82. The Morgan fingerprint density at radius 3 is 2.52 bits per heavy atom. The molecule has 2 heteroatoms. The van der Waals surface area contributed by atoms with Crippen LogP contribution < -0.4 is 5.32 Å². The number of benzene rings is 1. The topological polar surface area (TPSA) is 24.9 Å². The highest BCUT2D eigenvalue weighted by atomic mass is 14.9. The van der Waals surface area contributed by atoms with Crippen molar-refractivity contribution in [2.45, 2.75) is 45.6 Å². The first-order chi connectivity index (χ1) is 10.0. The predicted molar refractivity (Wildman–Crippen MR) is 89.4 cm³/mol. The molecular formula is C19H26N2. The zero-order chi connectivity index (χ0) is 14.9. The van der Waals surface area contributed by atoms with Crippen LogP contribution in [-0.2, 0) is 6.42 Å². The summed E-state index contributed by atoms with van der Waals surface area (Å²) in [4.78, 5) is 4.82. The van der Waals surface area contributed by atoms with Crippen LogP contribution in [0.15, 0.2) is 36.4 Å². The van der Waals surface area contributed by atoms with Crippen molar-refractivity contribution in [1.29, 1.82) is 0 Å². The molecule has 0 amide bonds. The van der Waals surface area contributed by atoms with Crippen LogP contribution in [0.1, 0.15) is 39.3 Å². The molecule has 0 bridgehead atoms. The van der Waals surface area contributed by atoms with Gasteiger partial charge in [0.1, 0.15) is 0 Å². The van der Waals surface area contributed by atoms with Gasteiger partial charge in [-0.1, -0.05) is 24.3 Å². The highest BCUT2D eigenvalue weighted by Crippen LogP contribution is 2.36. The monoisotopic (exact) mass is 282 g/mol. The Hall–Kier alpha value is -1.41. The molecule has 0 spiro atoms. The SMILES string of the molecule is CC(C)(C)NCC1CCC1Cc1ccc2ccccc2n1. The van der Waals surface area contributed by atoms with E-state index in [1.54, 1.807) is 0 Å². The first kappa shape index (κ1) is 14.5. The third kappa shape index (κ3) is 3.62. The lowest BCUT2D eigenvalue weighted by molar-refractivity contribution is 0.158. The Bertz CT molecular complexity index is 612. The summed E-state index contributed by atoms with van der Waals surface area (Å²) in [5.41, 5.74) is 2.60. The van der Waals surface area contributed by atoms with Crippen LogP contribution in [0.3, 0.4) is 0 Å². The fourth-order valence-corrected chi connectivity index (χ4v) is 3.10. The number of nitrogens with one attached hydrogen (secondary N) is 1. The summed E-state index contributed by atoms with van der Waals surface area (Å²) in [6.07, 6.45) is 3.84. The molecule has 2 atom stereocenters. The smallest absolute Gasteiger partial charge is 0.0705 e. The summed E-state index contributed by atoms with van der Waals surface area (Å²) >= 11 is 0. The number of pyridine rings is 1. The third-order valence-corrected chi connectivity index (χ3v) is 4.60. The van der Waals surface area contributed by atoms with E-state index >= 15 is 0 Å². The lowest BCUT2D eigenvalue weighted by Crippen LogP contribution is -2.44. The van der Waals surface area contributed by atoms with Gasteiger partial charge in [-0.05, 0) is 70.5 Å². The third-order valence-electron chi connectivity index (χ3n) is 4.60. The highest BCUT2D eigenvalue weighted by molar-refractivity contribution is 5.78. The second-order valence-electron chi connectivity index (χ2n) is 7.43. The lowest BCUT2D eigenvalue weighted by atomic mass is 9.71. The van der Waals surface area contributed by atoms with Gasteiger partial charge in [-0.25, -0.2) is 0 Å². The number of aromatic nitrogens is 1. The molecule has 1 aliphatic carbocycles. The maximum Gasteiger partial charge on any atom is 0.0705 e. The average molecular weight is 282 g/mol. The van der Waals surface area contributed by atoms with Crippen molar-refractivity contribution in [2.24, 2.45) is 11.8 Å². The summed E-state index contributed by atoms with van der Waals surface area (Å²) in [5, 5.41) is 4.89. The van der Waals surface area contributed by atoms with Gasteiger partial charge in [0.05, 0.1) is 5.52 Å². The van der Waals surface area contributed by atoms with Crippen LogP contribution in [0.2, 0.25) is 0 Å². The Balaban J connectivity index is 1.62. The van der Waals surface area contributed by atoms with E-state index in [-0.39, 0.29) is 5.54 Å². The van der Waals surface area contributed by atoms with Crippen molar-refractivity contribution in [1.82, 2.24) is 10.3 Å². The molecule has 1 aromatic heterocycles. The first-order valence-corrected chi connectivity index (χ1v) is 8.11. The molecule has 112 valence electrons. The summed E-state index contributed by atoms with van der Waals surface area (Å²) in [7, 11) is 0. The van der Waals surface area contributed by atoms with E-state index in [1.807, 2.05) is 0 Å². The predicted octanol–water partition coefficient (Wildman–Crippen LogP) is 4.19. The summed E-state index contributed by atoms with van der Waals surface area (Å²) < 4.78 is 0. The van der Waals surface area contributed by atoms with Gasteiger partial charge in [0.15, 0.2) is 0 Å². The van der Waals surface area contributed by atoms with Gasteiger partial charge in [0, 0.05) is 16.6 Å². The van der Waals surface area contributed by atoms with Crippen LogP contribution >= 0.6 is 0 Å². The second-order valence-corrected chi connectivity index (χ2v) is 7.43. The average Bonchev–Trinajstić information content (AvgIpc) is 2.42. The van der Waals surface area contributed by atoms with Crippen LogP contribution in [0.5, 0.6) is 0 Å². The molecule has 3 rings (SSSR count). The van der Waals surface area contributed by atoms with E-state index in [9.17, 15) is 0 Å². The molecular weight excluding hydrogens is 256 g/mol. The highest BCUT2D eigenvalue weighted by Gasteiger charge is 2.31. The maximum absolute atomic E-state index is 4.82. The molecule has 1 saturated carbocycles. The Kier molecular flexibility index (Phi) is 3.99. The van der Waals surface area contributed by atoms with E-state index in [0.717, 1.165) is 30.3 Å². The molecule has 0 aliphatic heterocycles. The number of rotatable bonds is 4. The zero-order valence-electron chi connectivity index (χ0n) is 13.4. The number of hydrogen-bond donors (Lipinski definition) is 1. The second kappa shape index (κ2) is 5.76. The molecule has 1 fully saturated rings. The number of fused-ring (bicyclic) bond motifs is 1. The van der Waals surface area contributed by atoms with Gasteiger partial charge in [0.2, 0.25) is 0 Å². The van der Waals surface area contributed by atoms with E-state index in [2.05, 4.69) is 62.5 Å². The summed E-state index contributed by atoms with van der Waals surface area (Å²) in [5.74, 6) is 1.62. The zero-order valence-corrected chi connectivity index (χ0v) is 13.4. The number of hydrogen-bond acceptors (Lipinski definition) is 2. The minimum atomic E-state index is 0.224. The molecule has 2 aromatic rings. The van der Waals surface area contributed by atoms with Crippen molar-refractivity contribution in [3.8, 4) is 0 Å². The Morgan fingerprint density at radius 1 is 1.05 bits per heavy atom. The normalized spacial score (nSPS) is 22.2. The van der Waals surface area contributed by atoms with E-state index in [1.165, 1.54) is 23.9 Å². The quantitative estimate of drug-likeness (QED) is 0.909. The summed E-state index contributed by atoms with van der Waals surface area (Å²) in [6.45, 7) is 7.87. The van der Waals surface area contributed by atoms with E-state index in [4.69, 9.17) is 4.98 Å². The van der Waals surface area contributed by atoms with Gasteiger partial charge < -0.3 is 5.32 Å². The molecule has 2 nitrogen and oxygen atoms in total. The molecule has 1 aliphatic rings. The lowest BCUT2D eigenvalue weighted by Gasteiger charge is -2.38. The van der Waals surface area contributed by atoms with Crippen molar-refractivity contribution >= 4 is 10.9 Å². The van der Waals surface area contributed by atoms with E-state index in [0.29, 0.717) is 0 Å². The first-order valence-electron chi connectivity index (χ1n) is 8.11. The van der Waals surface area contributed by atoms with Crippen molar-refractivity contribution < 1.29 is 0 Å². The van der Waals surface area contributed by atoms with Gasteiger partial charge in [0.25, 0.3) is 0 Å². The molecule has 21 heavy (non-hydrogen) atoms. The van der Waals surface area contributed by atoms with Crippen LogP contribution in [0.25, 0.3) is 10.9 Å². The molecule has 1 aromatic carbocycles. The standard InChI is InChI=1S/C19H26N2/c1-19(2,3)20-13-16-9-8-15(16)12-17-11-10-14-6-4-5-7-18(14)21-17/h4-7,10-11,15-16,20H,8-9,12-13H2,1-3H3. The molecule has 2 unspecified atom stereocenters. The number of nitrogens with zero attached hydrogens (tertiary/aromatic N) is 1. The molecule has 0 radical (unpaired) electrons. The molecule has 0 saturated heterocycles. The van der Waals surface area contributed by atoms with Gasteiger partial charge in [-0.2, -0.15) is 0 Å². The van der Waals surface area contributed by atoms with Crippen LogP contribution in [-0.4, -0.2) is 17.1 Å². The largest absolute Gasteiger partial charge is 0.312 e. The van der Waals surface area contributed by atoms with Crippen molar-refractivity contribution in [3.05, 3.63) is 42.1 Å². The Morgan fingerprint density at radius 2 is 1.81 bits per heavy atom. The van der Waals surface area contributed by atoms with Crippen LogP contribution in [0.4, 0.5) is 0 Å². The number of para-hydroxylation sites is 1. The van der Waals surface area contributed by atoms with Crippen molar-refractivity contribution in [2.75, 3.05) is 6.54 Å². The van der Waals surface area contributed by atoms with Gasteiger partial charge in [-0.15, -0.1) is 0 Å². The summed E-state index contributed by atoms with van der Waals surface area (Å²) in [6, 6.07) is 12.8. The van der Waals surface area contributed by atoms with Gasteiger partial charge >= 0.3 is 0 Å². The Labute approximate surface area is 128 Å². The minimum Gasteiger partial charge on any atom is -0.312 e. The fourth-order valence-electron chi connectivity index (χ4n) is 3.10. The van der Waals surface area contributed by atoms with Crippen LogP contribution in [0, 0.1) is 11.8 Å². The fraction of sp³-hybridized carbons (Fsp3) is 0.526. The van der Waals surface area contributed by atoms with Gasteiger partial charge in [-0.3, -0.25) is 4.98 Å². The van der Waals surface area contributed by atoms with Crippen molar-refractivity contribution in [3.63, 3.8) is 0 Å². The minimum absolute atomic E-state index is 0.224. The van der Waals surface area contributed by atoms with E-state index < -0.39 is 0 Å². The molecule has 1 N–H and O–H groups in total.